The fourth-order valence-electron chi connectivity index (χ4n) is 3.60. The van der Waals surface area contributed by atoms with Crippen molar-refractivity contribution in [3.8, 4) is 5.75 Å². The fraction of sp³-hybridized carbons (Fsp3) is 0.444. The number of carbonyl (C=O) groups is 1. The highest BCUT2D eigenvalue weighted by Gasteiger charge is 2.29. The molecule has 0 unspecified atom stereocenters. The largest absolute Gasteiger partial charge is 0.493 e. The average Bonchev–Trinajstić information content (AvgIpc) is 3.28. The molecule has 1 atom stereocenters. The first-order valence-electron chi connectivity index (χ1n) is 8.31. The summed E-state index contributed by atoms with van der Waals surface area (Å²) < 4.78 is 7.45. The van der Waals surface area contributed by atoms with Crippen LogP contribution in [0.2, 0.25) is 0 Å². The zero-order valence-corrected chi connectivity index (χ0v) is 13.1. The molecule has 1 aromatic heterocycles. The summed E-state index contributed by atoms with van der Waals surface area (Å²) in [5.74, 6) is 1.19. The number of aromatic nitrogens is 2. The van der Waals surface area contributed by atoms with Gasteiger partial charge in [-0.1, -0.05) is 12.1 Å². The van der Waals surface area contributed by atoms with Crippen LogP contribution in [0.5, 0.6) is 5.75 Å². The van der Waals surface area contributed by atoms with E-state index in [0.717, 1.165) is 50.3 Å². The van der Waals surface area contributed by atoms with Crippen LogP contribution in [0.25, 0.3) is 0 Å². The summed E-state index contributed by atoms with van der Waals surface area (Å²) >= 11 is 0. The number of ether oxygens (including phenoxy) is 1. The van der Waals surface area contributed by atoms with Crippen LogP contribution in [-0.2, 0) is 24.2 Å². The van der Waals surface area contributed by atoms with Crippen molar-refractivity contribution in [1.82, 2.24) is 14.7 Å². The Morgan fingerprint density at radius 1 is 1.39 bits per heavy atom. The quantitative estimate of drug-likeness (QED) is 0.868. The normalized spacial score (nSPS) is 19.7. The second kappa shape index (κ2) is 6.07. The standard InChI is InChI=1S/C18H21N3O2/c22-18(12-14-4-5-17-15(11-14)6-10-23-17)21-9-1-3-16(21)13-20-8-2-7-19-20/h2,4-5,7-8,11,16H,1,3,6,9-10,12-13H2/t16-/m1/s1. The SMILES string of the molecule is O=C(Cc1ccc2c(c1)CCO2)N1CCC[C@@H]1Cn1cccn1. The Hall–Kier alpha value is -2.30. The first kappa shape index (κ1) is 14.3. The molecule has 4 rings (SSSR count). The van der Waals surface area contributed by atoms with Crippen molar-refractivity contribution in [3.63, 3.8) is 0 Å². The minimum absolute atomic E-state index is 0.221. The minimum atomic E-state index is 0.221. The van der Waals surface area contributed by atoms with Crippen LogP contribution < -0.4 is 4.74 Å². The maximum atomic E-state index is 12.7. The Bertz CT molecular complexity index is 696. The number of hydrogen-bond acceptors (Lipinski definition) is 3. The molecule has 2 aliphatic heterocycles. The van der Waals surface area contributed by atoms with Gasteiger partial charge < -0.3 is 9.64 Å². The number of hydrogen-bond donors (Lipinski definition) is 0. The van der Waals surface area contributed by atoms with Gasteiger partial charge in [0.2, 0.25) is 5.91 Å². The molecule has 120 valence electrons. The van der Waals surface area contributed by atoms with Gasteiger partial charge in [-0.3, -0.25) is 9.48 Å². The van der Waals surface area contributed by atoms with E-state index >= 15 is 0 Å². The lowest BCUT2D eigenvalue weighted by Gasteiger charge is -2.25. The summed E-state index contributed by atoms with van der Waals surface area (Å²) in [6.45, 7) is 2.40. The maximum absolute atomic E-state index is 12.7. The Morgan fingerprint density at radius 3 is 3.22 bits per heavy atom. The number of rotatable bonds is 4. The average molecular weight is 311 g/mol. The topological polar surface area (TPSA) is 47.4 Å². The molecule has 1 amide bonds. The first-order chi connectivity index (χ1) is 11.3. The van der Waals surface area contributed by atoms with Crippen molar-refractivity contribution >= 4 is 5.91 Å². The second-order valence-corrected chi connectivity index (χ2v) is 6.33. The Kier molecular flexibility index (Phi) is 3.77. The van der Waals surface area contributed by atoms with Crippen molar-refractivity contribution in [3.05, 3.63) is 47.8 Å². The van der Waals surface area contributed by atoms with E-state index in [9.17, 15) is 4.79 Å². The highest BCUT2D eigenvalue weighted by Crippen LogP contribution is 2.27. The molecule has 2 aliphatic rings. The van der Waals surface area contributed by atoms with Crippen LogP contribution >= 0.6 is 0 Å². The molecule has 1 aromatic carbocycles. The van der Waals surface area contributed by atoms with Crippen LogP contribution in [0.3, 0.4) is 0 Å². The zero-order valence-electron chi connectivity index (χ0n) is 13.1. The van der Waals surface area contributed by atoms with E-state index in [0.29, 0.717) is 6.42 Å². The number of nitrogens with zero attached hydrogens (tertiary/aromatic N) is 3. The van der Waals surface area contributed by atoms with E-state index in [2.05, 4.69) is 11.2 Å². The second-order valence-electron chi connectivity index (χ2n) is 6.33. The molecule has 2 aromatic rings. The molecule has 5 nitrogen and oxygen atoms in total. The molecule has 0 N–H and O–H groups in total. The van der Waals surface area contributed by atoms with Gasteiger partial charge >= 0.3 is 0 Å². The zero-order chi connectivity index (χ0) is 15.6. The van der Waals surface area contributed by atoms with Crippen LogP contribution in [0.4, 0.5) is 0 Å². The molecule has 5 heteroatoms. The van der Waals surface area contributed by atoms with Gasteiger partial charge in [0.25, 0.3) is 0 Å². The first-order valence-corrected chi connectivity index (χ1v) is 8.31. The van der Waals surface area contributed by atoms with E-state index in [1.165, 1.54) is 5.56 Å². The van der Waals surface area contributed by atoms with Crippen molar-refractivity contribution < 1.29 is 9.53 Å². The van der Waals surface area contributed by atoms with Gasteiger partial charge in [-0.2, -0.15) is 5.10 Å². The summed E-state index contributed by atoms with van der Waals surface area (Å²) in [6, 6.07) is 8.32. The Morgan fingerprint density at radius 2 is 2.35 bits per heavy atom. The third kappa shape index (κ3) is 2.96. The minimum Gasteiger partial charge on any atom is -0.493 e. The highest BCUT2D eigenvalue weighted by atomic mass is 16.5. The van der Waals surface area contributed by atoms with Gasteiger partial charge in [-0.25, -0.2) is 0 Å². The number of fused-ring (bicyclic) bond motifs is 1. The molecule has 0 aliphatic carbocycles. The van der Waals surface area contributed by atoms with E-state index in [4.69, 9.17) is 4.74 Å². The third-order valence-corrected chi connectivity index (χ3v) is 4.76. The van der Waals surface area contributed by atoms with Gasteiger partial charge in [0, 0.05) is 25.4 Å². The van der Waals surface area contributed by atoms with E-state index in [1.54, 1.807) is 6.20 Å². The monoisotopic (exact) mass is 311 g/mol. The predicted octanol–water partition coefficient (Wildman–Crippen LogP) is 2.05. The molecule has 0 spiro atoms. The lowest BCUT2D eigenvalue weighted by molar-refractivity contribution is -0.131. The lowest BCUT2D eigenvalue weighted by Crippen LogP contribution is -2.39. The smallest absolute Gasteiger partial charge is 0.227 e. The highest BCUT2D eigenvalue weighted by molar-refractivity contribution is 5.79. The summed E-state index contributed by atoms with van der Waals surface area (Å²) in [4.78, 5) is 14.8. The van der Waals surface area contributed by atoms with Crippen molar-refractivity contribution in [2.45, 2.75) is 38.3 Å². The van der Waals surface area contributed by atoms with Gasteiger partial charge in [0.15, 0.2) is 0 Å². The molecule has 3 heterocycles. The molecule has 23 heavy (non-hydrogen) atoms. The molecular weight excluding hydrogens is 290 g/mol. The molecule has 1 saturated heterocycles. The molecule has 1 fully saturated rings. The van der Waals surface area contributed by atoms with Crippen LogP contribution in [-0.4, -0.2) is 39.8 Å². The Balaban J connectivity index is 1.43. The van der Waals surface area contributed by atoms with E-state index < -0.39 is 0 Å². The van der Waals surface area contributed by atoms with Gasteiger partial charge in [0.05, 0.1) is 25.6 Å². The summed E-state index contributed by atoms with van der Waals surface area (Å²) in [5, 5.41) is 4.26. The number of likely N-dealkylation sites (tertiary alicyclic amines) is 1. The molecule has 0 bridgehead atoms. The summed E-state index contributed by atoms with van der Waals surface area (Å²) in [7, 11) is 0. The van der Waals surface area contributed by atoms with Crippen molar-refractivity contribution in [1.29, 1.82) is 0 Å². The number of amides is 1. The van der Waals surface area contributed by atoms with Crippen molar-refractivity contribution in [2.24, 2.45) is 0 Å². The fourth-order valence-corrected chi connectivity index (χ4v) is 3.60. The number of carbonyl (C=O) groups excluding carboxylic acids is 1. The number of benzene rings is 1. The molecule has 0 radical (unpaired) electrons. The Labute approximate surface area is 135 Å². The van der Waals surface area contributed by atoms with Crippen LogP contribution in [0.15, 0.2) is 36.7 Å². The molecule has 0 saturated carbocycles. The molecular formula is C18H21N3O2. The van der Waals surface area contributed by atoms with Gasteiger partial charge in [0.1, 0.15) is 5.75 Å². The van der Waals surface area contributed by atoms with Crippen molar-refractivity contribution in [2.75, 3.05) is 13.2 Å². The van der Waals surface area contributed by atoms with E-state index in [1.807, 2.05) is 34.0 Å². The summed E-state index contributed by atoms with van der Waals surface area (Å²) in [6.07, 6.45) is 7.31. The predicted molar refractivity (Wildman–Crippen MR) is 86.3 cm³/mol. The van der Waals surface area contributed by atoms with Gasteiger partial charge in [-0.05, 0) is 36.1 Å². The van der Waals surface area contributed by atoms with Crippen LogP contribution in [0, 0.1) is 0 Å². The summed E-state index contributed by atoms with van der Waals surface area (Å²) in [5.41, 5.74) is 2.31. The maximum Gasteiger partial charge on any atom is 0.227 e. The van der Waals surface area contributed by atoms with Gasteiger partial charge in [-0.15, -0.1) is 0 Å². The lowest BCUT2D eigenvalue weighted by atomic mass is 10.1. The van der Waals surface area contributed by atoms with E-state index in [-0.39, 0.29) is 11.9 Å². The third-order valence-electron chi connectivity index (χ3n) is 4.76. The van der Waals surface area contributed by atoms with Crippen LogP contribution in [0.1, 0.15) is 24.0 Å².